The van der Waals surface area contributed by atoms with Gasteiger partial charge in [0.05, 0.1) is 17.7 Å². The van der Waals surface area contributed by atoms with E-state index in [2.05, 4.69) is 10.0 Å². The Balaban J connectivity index is 1.83. The number of aryl methyl sites for hydroxylation is 2. The van der Waals surface area contributed by atoms with Gasteiger partial charge in [-0.2, -0.15) is 0 Å². The number of carbonyl (C=O) groups is 1. The highest BCUT2D eigenvalue weighted by Gasteiger charge is 2.17. The molecule has 0 fully saturated rings. The van der Waals surface area contributed by atoms with Gasteiger partial charge < -0.3 is 10.1 Å². The Labute approximate surface area is 174 Å². The zero-order valence-electron chi connectivity index (χ0n) is 16.7. The molecule has 156 valence electrons. The third-order valence-corrected chi connectivity index (χ3v) is 5.81. The highest BCUT2D eigenvalue weighted by Crippen LogP contribution is 2.26. The van der Waals surface area contributed by atoms with Crippen molar-refractivity contribution in [3.05, 3.63) is 83.2 Å². The number of hydrogen-bond acceptors (Lipinski definition) is 4. The van der Waals surface area contributed by atoms with E-state index in [-0.39, 0.29) is 16.1 Å². The number of ether oxygens (including phenoxy) is 1. The minimum absolute atomic E-state index is 0.180. The lowest BCUT2D eigenvalue weighted by Crippen LogP contribution is -2.15. The van der Waals surface area contributed by atoms with Gasteiger partial charge in [-0.15, -0.1) is 0 Å². The second-order valence-corrected chi connectivity index (χ2v) is 8.44. The Morgan fingerprint density at radius 3 is 2.47 bits per heavy atom. The minimum Gasteiger partial charge on any atom is -0.495 e. The van der Waals surface area contributed by atoms with Crippen molar-refractivity contribution < 1.29 is 22.3 Å². The van der Waals surface area contributed by atoms with Crippen LogP contribution in [0.2, 0.25) is 0 Å². The molecular formula is C22H21FN2O4S. The third-order valence-electron chi connectivity index (χ3n) is 4.43. The first kappa shape index (κ1) is 21.3. The predicted molar refractivity (Wildman–Crippen MR) is 114 cm³/mol. The number of anilines is 2. The van der Waals surface area contributed by atoms with Crippen LogP contribution in [-0.4, -0.2) is 21.4 Å². The molecule has 3 aromatic carbocycles. The number of hydrogen-bond donors (Lipinski definition) is 2. The number of rotatable bonds is 6. The maximum atomic E-state index is 13.8. The number of nitrogens with one attached hydrogen (secondary N) is 2. The zero-order chi connectivity index (χ0) is 21.9. The van der Waals surface area contributed by atoms with Gasteiger partial charge in [-0.1, -0.05) is 18.2 Å². The zero-order valence-corrected chi connectivity index (χ0v) is 17.5. The van der Waals surface area contributed by atoms with Crippen LogP contribution in [0.5, 0.6) is 5.75 Å². The number of sulfonamides is 1. The molecule has 0 saturated heterocycles. The summed E-state index contributed by atoms with van der Waals surface area (Å²) in [5.74, 6) is -0.536. The van der Waals surface area contributed by atoms with E-state index in [4.69, 9.17) is 4.74 Å². The fraction of sp³-hybridized carbons (Fsp3) is 0.136. The average Bonchev–Trinajstić information content (AvgIpc) is 2.70. The molecule has 8 heteroatoms. The molecule has 0 aliphatic heterocycles. The van der Waals surface area contributed by atoms with Crippen LogP contribution >= 0.6 is 0 Å². The Bertz CT molecular complexity index is 1210. The summed E-state index contributed by atoms with van der Waals surface area (Å²) in [6.07, 6.45) is 0. The van der Waals surface area contributed by atoms with Crippen molar-refractivity contribution in [3.63, 3.8) is 0 Å². The fourth-order valence-electron chi connectivity index (χ4n) is 2.79. The highest BCUT2D eigenvalue weighted by molar-refractivity contribution is 7.92. The van der Waals surface area contributed by atoms with Gasteiger partial charge in [0, 0.05) is 11.3 Å². The molecule has 3 rings (SSSR count). The van der Waals surface area contributed by atoms with Crippen LogP contribution < -0.4 is 14.8 Å². The standard InChI is InChI=1S/C22H21FN2O4S/c1-14-7-10-21(29-3)20(11-14)24-22(26)16-5-4-6-17(12-16)25-30(27,28)18-9-8-15(2)19(23)13-18/h4-13,25H,1-3H3,(H,24,26). The van der Waals surface area contributed by atoms with E-state index in [0.717, 1.165) is 11.6 Å². The van der Waals surface area contributed by atoms with Gasteiger partial charge in [0.25, 0.3) is 15.9 Å². The second-order valence-electron chi connectivity index (χ2n) is 6.76. The monoisotopic (exact) mass is 428 g/mol. The normalized spacial score (nSPS) is 11.1. The van der Waals surface area contributed by atoms with Crippen LogP contribution in [-0.2, 0) is 10.0 Å². The lowest BCUT2D eigenvalue weighted by Gasteiger charge is -2.12. The van der Waals surface area contributed by atoms with Crippen molar-refractivity contribution in [3.8, 4) is 5.75 Å². The van der Waals surface area contributed by atoms with Crippen molar-refractivity contribution in [1.82, 2.24) is 0 Å². The maximum absolute atomic E-state index is 13.8. The summed E-state index contributed by atoms with van der Waals surface area (Å²) in [6.45, 7) is 3.43. The van der Waals surface area contributed by atoms with E-state index in [0.29, 0.717) is 17.0 Å². The van der Waals surface area contributed by atoms with Crippen molar-refractivity contribution in [2.75, 3.05) is 17.1 Å². The molecule has 0 aliphatic rings. The van der Waals surface area contributed by atoms with E-state index < -0.39 is 21.7 Å². The summed E-state index contributed by atoms with van der Waals surface area (Å²) in [5, 5.41) is 2.76. The minimum atomic E-state index is -4.01. The Kier molecular flexibility index (Phi) is 6.07. The predicted octanol–water partition coefficient (Wildman–Crippen LogP) is 4.50. The van der Waals surface area contributed by atoms with E-state index in [9.17, 15) is 17.6 Å². The maximum Gasteiger partial charge on any atom is 0.261 e. The molecule has 0 atom stereocenters. The molecule has 6 nitrogen and oxygen atoms in total. The molecule has 2 N–H and O–H groups in total. The molecule has 30 heavy (non-hydrogen) atoms. The van der Waals surface area contributed by atoms with Crippen molar-refractivity contribution in [2.24, 2.45) is 0 Å². The van der Waals surface area contributed by atoms with Gasteiger partial charge in [-0.25, -0.2) is 12.8 Å². The smallest absolute Gasteiger partial charge is 0.261 e. The quantitative estimate of drug-likeness (QED) is 0.605. The lowest BCUT2D eigenvalue weighted by atomic mass is 10.1. The molecule has 0 aliphatic carbocycles. The molecule has 0 bridgehead atoms. The molecular weight excluding hydrogens is 407 g/mol. The van der Waals surface area contributed by atoms with Crippen molar-refractivity contribution in [1.29, 1.82) is 0 Å². The van der Waals surface area contributed by atoms with E-state index >= 15 is 0 Å². The molecule has 0 aromatic heterocycles. The SMILES string of the molecule is COc1ccc(C)cc1NC(=O)c1cccc(NS(=O)(=O)c2ccc(C)c(F)c2)c1. The summed E-state index contributed by atoms with van der Waals surface area (Å²) >= 11 is 0. The highest BCUT2D eigenvalue weighted by atomic mass is 32.2. The van der Waals surface area contributed by atoms with Crippen molar-refractivity contribution in [2.45, 2.75) is 18.7 Å². The van der Waals surface area contributed by atoms with Crippen LogP contribution in [0.4, 0.5) is 15.8 Å². The van der Waals surface area contributed by atoms with Gasteiger partial charge in [0.1, 0.15) is 11.6 Å². The fourth-order valence-corrected chi connectivity index (χ4v) is 3.85. The summed E-state index contributed by atoms with van der Waals surface area (Å²) in [7, 11) is -2.51. The number of amides is 1. The second kappa shape index (κ2) is 8.54. The number of halogens is 1. The van der Waals surface area contributed by atoms with Crippen LogP contribution in [0.15, 0.2) is 65.6 Å². The number of methoxy groups -OCH3 is 1. The van der Waals surface area contributed by atoms with E-state index in [1.165, 1.54) is 31.4 Å². The van der Waals surface area contributed by atoms with Crippen LogP contribution in [0.25, 0.3) is 0 Å². The van der Waals surface area contributed by atoms with Gasteiger partial charge in [-0.3, -0.25) is 9.52 Å². The summed E-state index contributed by atoms with van der Waals surface area (Å²) in [6, 6.07) is 15.1. The molecule has 3 aromatic rings. The van der Waals surface area contributed by atoms with Crippen LogP contribution in [0.1, 0.15) is 21.5 Å². The van der Waals surface area contributed by atoms with Gasteiger partial charge in [-0.05, 0) is 67.4 Å². The topological polar surface area (TPSA) is 84.5 Å². The largest absolute Gasteiger partial charge is 0.495 e. The molecule has 0 unspecified atom stereocenters. The van der Waals surface area contributed by atoms with Crippen LogP contribution in [0.3, 0.4) is 0 Å². The van der Waals surface area contributed by atoms with Gasteiger partial charge >= 0.3 is 0 Å². The molecule has 0 spiro atoms. The van der Waals surface area contributed by atoms with E-state index in [1.54, 1.807) is 31.2 Å². The number of carbonyl (C=O) groups excluding carboxylic acids is 1. The molecule has 0 heterocycles. The Morgan fingerprint density at radius 1 is 1.00 bits per heavy atom. The molecule has 0 saturated carbocycles. The Hall–Kier alpha value is -3.39. The van der Waals surface area contributed by atoms with Crippen molar-refractivity contribution >= 4 is 27.3 Å². The third kappa shape index (κ3) is 4.77. The van der Waals surface area contributed by atoms with E-state index in [1.807, 2.05) is 13.0 Å². The first-order valence-corrected chi connectivity index (χ1v) is 10.5. The number of benzene rings is 3. The summed E-state index contributed by atoms with van der Waals surface area (Å²) in [4.78, 5) is 12.5. The first-order chi connectivity index (χ1) is 14.2. The average molecular weight is 428 g/mol. The molecule has 0 radical (unpaired) electrons. The summed E-state index contributed by atoms with van der Waals surface area (Å²) in [5.41, 5.74) is 2.22. The first-order valence-electron chi connectivity index (χ1n) is 9.04. The van der Waals surface area contributed by atoms with Crippen LogP contribution in [0, 0.1) is 19.7 Å². The molecule has 1 amide bonds. The Morgan fingerprint density at radius 2 is 1.77 bits per heavy atom. The van der Waals surface area contributed by atoms with Gasteiger partial charge in [0.2, 0.25) is 0 Å². The lowest BCUT2D eigenvalue weighted by molar-refractivity contribution is 0.102. The summed E-state index contributed by atoms with van der Waals surface area (Å²) < 4.78 is 46.5. The van der Waals surface area contributed by atoms with Gasteiger partial charge in [0.15, 0.2) is 0 Å².